The van der Waals surface area contributed by atoms with Crippen LogP contribution in [-0.4, -0.2) is 52.9 Å². The molecule has 0 aromatic carbocycles. The minimum absolute atomic E-state index is 0.00438. The van der Waals surface area contributed by atoms with Crippen LogP contribution in [0, 0.1) is 6.92 Å². The van der Waals surface area contributed by atoms with Crippen LogP contribution in [0.3, 0.4) is 0 Å². The van der Waals surface area contributed by atoms with Gasteiger partial charge in [0.2, 0.25) is 5.91 Å². The molecule has 2 N–H and O–H groups in total. The summed E-state index contributed by atoms with van der Waals surface area (Å²) in [6.07, 6.45) is 6.19. The lowest BCUT2D eigenvalue weighted by Gasteiger charge is -2.31. The Kier molecular flexibility index (Phi) is 6.62. The minimum Gasteiger partial charge on any atom is -0.378 e. The number of rotatable bonds is 6. The van der Waals surface area contributed by atoms with Gasteiger partial charge in [0.15, 0.2) is 0 Å². The molecule has 128 valence electrons. The van der Waals surface area contributed by atoms with Crippen molar-refractivity contribution in [3.63, 3.8) is 0 Å². The fourth-order valence-electron chi connectivity index (χ4n) is 2.67. The molecule has 1 aromatic rings. The number of carbonyl (C=O) groups excluding carboxylic acids is 1. The maximum Gasteiger partial charge on any atom is 0.246 e. The molecule has 1 fully saturated rings. The van der Waals surface area contributed by atoms with Crippen LogP contribution in [0.1, 0.15) is 30.5 Å². The molecule has 0 radical (unpaired) electrons. The van der Waals surface area contributed by atoms with Crippen molar-refractivity contribution in [2.45, 2.75) is 32.3 Å². The van der Waals surface area contributed by atoms with Crippen LogP contribution in [-0.2, 0) is 16.6 Å². The van der Waals surface area contributed by atoms with E-state index in [0.29, 0.717) is 18.3 Å². The van der Waals surface area contributed by atoms with Gasteiger partial charge < -0.3 is 15.4 Å². The highest BCUT2D eigenvalue weighted by atomic mass is 35.5. The topological polar surface area (TPSA) is 73.4 Å². The number of nitrogens with zero attached hydrogens (tertiary/aromatic N) is 3. The SMILES string of the molecule is Cc1nn(C)c(Cl)c1C=CC(=O)N1CCC(OCCCN)CC1. The number of amides is 1. The van der Waals surface area contributed by atoms with Gasteiger partial charge >= 0.3 is 0 Å². The van der Waals surface area contributed by atoms with Crippen LogP contribution in [0.25, 0.3) is 6.08 Å². The van der Waals surface area contributed by atoms with Crippen molar-refractivity contribution < 1.29 is 9.53 Å². The summed E-state index contributed by atoms with van der Waals surface area (Å²) < 4.78 is 7.35. The van der Waals surface area contributed by atoms with Crippen LogP contribution in [0.4, 0.5) is 0 Å². The van der Waals surface area contributed by atoms with Gasteiger partial charge in [0.1, 0.15) is 5.15 Å². The zero-order valence-electron chi connectivity index (χ0n) is 13.8. The summed E-state index contributed by atoms with van der Waals surface area (Å²) in [6, 6.07) is 0. The Morgan fingerprint density at radius 2 is 2.17 bits per heavy atom. The van der Waals surface area contributed by atoms with E-state index in [2.05, 4.69) is 5.10 Å². The second-order valence-corrected chi connectivity index (χ2v) is 6.14. The number of carbonyl (C=O) groups is 1. The van der Waals surface area contributed by atoms with Gasteiger partial charge in [-0.3, -0.25) is 9.48 Å². The van der Waals surface area contributed by atoms with Crippen molar-refractivity contribution in [3.8, 4) is 0 Å². The molecule has 0 saturated carbocycles. The first kappa shape index (κ1) is 18.0. The minimum atomic E-state index is 0.00438. The van der Waals surface area contributed by atoms with Gasteiger partial charge in [0.05, 0.1) is 11.8 Å². The molecule has 23 heavy (non-hydrogen) atoms. The number of likely N-dealkylation sites (tertiary alicyclic amines) is 1. The molecule has 6 nitrogen and oxygen atoms in total. The van der Waals surface area contributed by atoms with E-state index >= 15 is 0 Å². The fourth-order valence-corrected chi connectivity index (χ4v) is 2.91. The first-order valence-corrected chi connectivity index (χ1v) is 8.38. The number of nitrogens with two attached hydrogens (primary N) is 1. The monoisotopic (exact) mass is 340 g/mol. The van der Waals surface area contributed by atoms with Crippen LogP contribution in [0.2, 0.25) is 5.15 Å². The molecular formula is C16H25ClN4O2. The fraction of sp³-hybridized carbons (Fsp3) is 0.625. The third kappa shape index (κ3) is 4.80. The quantitative estimate of drug-likeness (QED) is 0.632. The molecule has 1 aliphatic heterocycles. The second kappa shape index (κ2) is 8.47. The molecule has 2 rings (SSSR count). The number of aromatic nitrogens is 2. The predicted octanol–water partition coefficient (Wildman–Crippen LogP) is 1.75. The van der Waals surface area contributed by atoms with Crippen molar-refractivity contribution in [1.29, 1.82) is 0 Å². The Bertz CT molecular complexity index is 563. The number of hydrogen-bond donors (Lipinski definition) is 1. The smallest absolute Gasteiger partial charge is 0.246 e. The van der Waals surface area contributed by atoms with Gasteiger partial charge in [-0.15, -0.1) is 0 Å². The van der Waals surface area contributed by atoms with Gasteiger partial charge in [0, 0.05) is 38.4 Å². The summed E-state index contributed by atoms with van der Waals surface area (Å²) in [5.74, 6) is 0.00438. The van der Waals surface area contributed by atoms with Crippen molar-refractivity contribution in [2.75, 3.05) is 26.2 Å². The van der Waals surface area contributed by atoms with Gasteiger partial charge in [-0.25, -0.2) is 0 Å². The molecular weight excluding hydrogens is 316 g/mol. The highest BCUT2D eigenvalue weighted by Gasteiger charge is 2.22. The van der Waals surface area contributed by atoms with Crippen LogP contribution >= 0.6 is 11.6 Å². The first-order chi connectivity index (χ1) is 11.0. The molecule has 0 bridgehead atoms. The highest BCUT2D eigenvalue weighted by molar-refractivity contribution is 6.31. The lowest BCUT2D eigenvalue weighted by atomic mass is 10.1. The van der Waals surface area contributed by atoms with Crippen LogP contribution < -0.4 is 5.73 Å². The van der Waals surface area contributed by atoms with E-state index in [4.69, 9.17) is 22.1 Å². The molecule has 1 aliphatic rings. The third-order valence-corrected chi connectivity index (χ3v) is 4.49. The molecule has 1 aromatic heterocycles. The molecule has 2 heterocycles. The molecule has 0 unspecified atom stereocenters. The molecule has 1 saturated heterocycles. The van der Waals surface area contributed by atoms with Crippen LogP contribution in [0.15, 0.2) is 6.08 Å². The van der Waals surface area contributed by atoms with E-state index in [0.717, 1.165) is 43.6 Å². The summed E-state index contributed by atoms with van der Waals surface area (Å²) in [4.78, 5) is 14.1. The summed E-state index contributed by atoms with van der Waals surface area (Å²) >= 11 is 6.16. The predicted molar refractivity (Wildman–Crippen MR) is 91.2 cm³/mol. The number of hydrogen-bond acceptors (Lipinski definition) is 4. The molecule has 0 aliphatic carbocycles. The number of aryl methyl sites for hydroxylation is 2. The zero-order chi connectivity index (χ0) is 16.8. The number of halogens is 1. The van der Waals surface area contributed by atoms with E-state index in [1.54, 1.807) is 23.9 Å². The van der Waals surface area contributed by atoms with Gasteiger partial charge in [-0.1, -0.05) is 11.6 Å². The largest absolute Gasteiger partial charge is 0.378 e. The number of ether oxygens (including phenoxy) is 1. The van der Waals surface area contributed by atoms with Crippen molar-refractivity contribution in [2.24, 2.45) is 12.8 Å². The van der Waals surface area contributed by atoms with Crippen molar-refractivity contribution in [3.05, 3.63) is 22.5 Å². The molecule has 7 heteroatoms. The Balaban J connectivity index is 1.84. The van der Waals surface area contributed by atoms with E-state index < -0.39 is 0 Å². The van der Waals surface area contributed by atoms with Gasteiger partial charge in [-0.2, -0.15) is 5.10 Å². The maximum absolute atomic E-state index is 12.3. The van der Waals surface area contributed by atoms with E-state index in [1.807, 2.05) is 11.8 Å². The van der Waals surface area contributed by atoms with E-state index in [9.17, 15) is 4.79 Å². The van der Waals surface area contributed by atoms with Crippen LogP contribution in [0.5, 0.6) is 0 Å². The second-order valence-electron chi connectivity index (χ2n) is 5.78. The lowest BCUT2D eigenvalue weighted by molar-refractivity contribution is -0.128. The van der Waals surface area contributed by atoms with Crippen molar-refractivity contribution >= 4 is 23.6 Å². The summed E-state index contributed by atoms with van der Waals surface area (Å²) in [6.45, 7) is 4.67. The summed E-state index contributed by atoms with van der Waals surface area (Å²) in [7, 11) is 1.78. The molecule has 1 amide bonds. The Morgan fingerprint density at radius 3 is 2.74 bits per heavy atom. The van der Waals surface area contributed by atoms with Crippen molar-refractivity contribution in [1.82, 2.24) is 14.7 Å². The van der Waals surface area contributed by atoms with E-state index in [1.165, 1.54) is 0 Å². The Hall–Kier alpha value is -1.37. The average Bonchev–Trinajstić information content (AvgIpc) is 2.79. The Morgan fingerprint density at radius 1 is 1.48 bits per heavy atom. The first-order valence-electron chi connectivity index (χ1n) is 8.00. The average molecular weight is 341 g/mol. The number of piperidine rings is 1. The van der Waals surface area contributed by atoms with Gasteiger partial charge in [0.25, 0.3) is 0 Å². The Labute approximate surface area is 142 Å². The summed E-state index contributed by atoms with van der Waals surface area (Å²) in [5, 5.41) is 4.77. The zero-order valence-corrected chi connectivity index (χ0v) is 14.6. The van der Waals surface area contributed by atoms with Gasteiger partial charge in [-0.05, 0) is 38.8 Å². The third-order valence-electron chi connectivity index (χ3n) is 4.04. The standard InChI is InChI=1S/C16H25ClN4O2/c1-12-14(16(17)20(2)19-12)4-5-15(22)21-9-6-13(7-10-21)23-11-3-8-18/h4-5,13H,3,6-11,18H2,1-2H3. The highest BCUT2D eigenvalue weighted by Crippen LogP contribution is 2.20. The van der Waals surface area contributed by atoms with E-state index in [-0.39, 0.29) is 12.0 Å². The molecule has 0 spiro atoms. The lowest BCUT2D eigenvalue weighted by Crippen LogP contribution is -2.40. The normalized spacial score (nSPS) is 16.4. The summed E-state index contributed by atoms with van der Waals surface area (Å²) in [5.41, 5.74) is 7.06. The molecule has 0 atom stereocenters. The maximum atomic E-state index is 12.3.